The molecule has 0 aliphatic carbocycles. The van der Waals surface area contributed by atoms with Crippen LogP contribution in [0.25, 0.3) is 11.4 Å². The summed E-state index contributed by atoms with van der Waals surface area (Å²) in [7, 11) is 1.60. The maximum atomic E-state index is 5.49. The highest BCUT2D eigenvalue weighted by Gasteiger charge is 2.10. The summed E-state index contributed by atoms with van der Waals surface area (Å²) in [4.78, 5) is 9.62. The summed E-state index contributed by atoms with van der Waals surface area (Å²) in [6.07, 6.45) is 1.58. The molecule has 0 unspecified atom stereocenters. The minimum Gasteiger partial charge on any atom is -0.493 e. The van der Waals surface area contributed by atoms with Crippen molar-refractivity contribution in [2.75, 3.05) is 13.7 Å². The number of nitrogens with zero attached hydrogens (tertiary/aromatic N) is 3. The molecule has 1 aromatic heterocycles. The lowest BCUT2D eigenvalue weighted by Gasteiger charge is -2.09. The highest BCUT2D eigenvalue weighted by Crippen LogP contribution is 2.27. The molecule has 0 fully saturated rings. The summed E-state index contributed by atoms with van der Waals surface area (Å²) >= 11 is 0. The third-order valence-corrected chi connectivity index (χ3v) is 4.26. The molecule has 0 aliphatic rings. The zero-order valence-corrected chi connectivity index (χ0v) is 17.1. The van der Waals surface area contributed by atoms with Crippen molar-refractivity contribution < 1.29 is 18.8 Å². The molecular formula is C22H25N3O4. The van der Waals surface area contributed by atoms with Gasteiger partial charge in [0.2, 0.25) is 5.82 Å². The van der Waals surface area contributed by atoms with Crippen molar-refractivity contribution >= 4 is 6.21 Å². The van der Waals surface area contributed by atoms with Crippen LogP contribution in [-0.4, -0.2) is 30.1 Å². The Morgan fingerprint density at radius 2 is 1.90 bits per heavy atom. The van der Waals surface area contributed by atoms with E-state index >= 15 is 0 Å². The molecule has 1 heterocycles. The van der Waals surface area contributed by atoms with Gasteiger partial charge in [-0.15, -0.1) is 0 Å². The average Bonchev–Trinajstić information content (AvgIpc) is 3.21. The second-order valence-corrected chi connectivity index (χ2v) is 6.64. The van der Waals surface area contributed by atoms with E-state index in [0.717, 1.165) is 11.1 Å². The van der Waals surface area contributed by atoms with E-state index in [-0.39, 0.29) is 6.61 Å². The van der Waals surface area contributed by atoms with Crippen LogP contribution in [-0.2, 0) is 11.4 Å². The van der Waals surface area contributed by atoms with E-state index < -0.39 is 0 Å². The predicted molar refractivity (Wildman–Crippen MR) is 110 cm³/mol. The fraction of sp³-hybridized carbons (Fsp3) is 0.318. The minimum atomic E-state index is 0.0851. The van der Waals surface area contributed by atoms with Crippen LogP contribution < -0.4 is 9.47 Å². The first-order valence-corrected chi connectivity index (χ1v) is 9.49. The molecule has 7 heteroatoms. The molecule has 3 aromatic rings. The van der Waals surface area contributed by atoms with Gasteiger partial charge in [-0.2, -0.15) is 4.98 Å². The van der Waals surface area contributed by atoms with Crippen molar-refractivity contribution in [2.45, 2.75) is 33.3 Å². The van der Waals surface area contributed by atoms with Crippen LogP contribution in [0.5, 0.6) is 11.5 Å². The Kier molecular flexibility index (Phi) is 6.84. The number of hydrogen-bond acceptors (Lipinski definition) is 7. The van der Waals surface area contributed by atoms with Gasteiger partial charge in [0.15, 0.2) is 18.1 Å². The SMILES string of the molecule is CCOc1ccc(/C=N\OCc2nc(-c3ccc(C(C)C)cc3)no2)cc1OC. The molecule has 2 aromatic carbocycles. The summed E-state index contributed by atoms with van der Waals surface area (Å²) in [6, 6.07) is 13.6. The van der Waals surface area contributed by atoms with Crippen molar-refractivity contribution in [3.05, 3.63) is 59.5 Å². The third kappa shape index (κ3) is 5.34. The molecule has 7 nitrogen and oxygen atoms in total. The molecule has 0 aliphatic heterocycles. The van der Waals surface area contributed by atoms with Gasteiger partial charge in [-0.05, 0) is 36.6 Å². The first kappa shape index (κ1) is 20.4. The number of aromatic nitrogens is 2. The Morgan fingerprint density at radius 1 is 1.10 bits per heavy atom. The number of rotatable bonds is 9. The largest absolute Gasteiger partial charge is 0.493 e. The second kappa shape index (κ2) is 9.73. The summed E-state index contributed by atoms with van der Waals surface area (Å²) in [6.45, 7) is 6.89. The predicted octanol–water partition coefficient (Wildman–Crippen LogP) is 4.82. The molecule has 29 heavy (non-hydrogen) atoms. The maximum Gasteiger partial charge on any atom is 0.267 e. The monoisotopic (exact) mass is 395 g/mol. The number of methoxy groups -OCH3 is 1. The van der Waals surface area contributed by atoms with E-state index in [1.165, 1.54) is 5.56 Å². The van der Waals surface area contributed by atoms with Crippen molar-refractivity contribution in [2.24, 2.45) is 5.16 Å². The first-order chi connectivity index (χ1) is 14.1. The molecule has 152 valence electrons. The van der Waals surface area contributed by atoms with Crippen LogP contribution in [0.4, 0.5) is 0 Å². The van der Waals surface area contributed by atoms with Gasteiger partial charge in [0, 0.05) is 11.1 Å². The molecule has 3 rings (SSSR count). The lowest BCUT2D eigenvalue weighted by molar-refractivity contribution is 0.107. The molecular weight excluding hydrogens is 370 g/mol. The van der Waals surface area contributed by atoms with Gasteiger partial charge in [0.1, 0.15) is 0 Å². The van der Waals surface area contributed by atoms with Crippen LogP contribution in [0.3, 0.4) is 0 Å². The quantitative estimate of drug-likeness (QED) is 0.382. The lowest BCUT2D eigenvalue weighted by atomic mass is 10.0. The highest BCUT2D eigenvalue weighted by molar-refractivity contribution is 5.80. The van der Waals surface area contributed by atoms with E-state index in [0.29, 0.717) is 35.7 Å². The smallest absolute Gasteiger partial charge is 0.267 e. The van der Waals surface area contributed by atoms with E-state index in [1.807, 2.05) is 37.3 Å². The van der Waals surface area contributed by atoms with E-state index in [2.05, 4.69) is 41.3 Å². The van der Waals surface area contributed by atoms with Gasteiger partial charge in [-0.3, -0.25) is 0 Å². The van der Waals surface area contributed by atoms with Crippen molar-refractivity contribution in [1.82, 2.24) is 10.1 Å². The fourth-order valence-corrected chi connectivity index (χ4v) is 2.68. The van der Waals surface area contributed by atoms with Crippen molar-refractivity contribution in [1.29, 1.82) is 0 Å². The van der Waals surface area contributed by atoms with Gasteiger partial charge in [-0.1, -0.05) is 48.4 Å². The Morgan fingerprint density at radius 3 is 2.59 bits per heavy atom. The van der Waals surface area contributed by atoms with Crippen LogP contribution in [0.1, 0.15) is 43.7 Å². The Labute approximate surface area is 170 Å². The van der Waals surface area contributed by atoms with Gasteiger partial charge in [-0.25, -0.2) is 0 Å². The Bertz CT molecular complexity index is 949. The molecule has 0 saturated carbocycles. The summed E-state index contributed by atoms with van der Waals surface area (Å²) < 4.78 is 16.0. The Balaban J connectivity index is 1.57. The summed E-state index contributed by atoms with van der Waals surface area (Å²) in [5, 5.41) is 7.95. The Hall–Kier alpha value is -3.35. The molecule has 0 radical (unpaired) electrons. The van der Waals surface area contributed by atoms with Gasteiger partial charge < -0.3 is 18.8 Å². The van der Waals surface area contributed by atoms with Gasteiger partial charge >= 0.3 is 0 Å². The number of hydrogen-bond donors (Lipinski definition) is 0. The fourth-order valence-electron chi connectivity index (χ4n) is 2.68. The topological polar surface area (TPSA) is 79.0 Å². The van der Waals surface area contributed by atoms with Crippen LogP contribution in [0, 0.1) is 0 Å². The third-order valence-electron chi connectivity index (χ3n) is 4.26. The first-order valence-electron chi connectivity index (χ1n) is 9.49. The van der Waals surface area contributed by atoms with Crippen molar-refractivity contribution in [3.63, 3.8) is 0 Å². The molecule has 0 saturated heterocycles. The summed E-state index contributed by atoms with van der Waals surface area (Å²) in [5.41, 5.74) is 2.98. The minimum absolute atomic E-state index is 0.0851. The van der Waals surface area contributed by atoms with Crippen LogP contribution in [0.15, 0.2) is 52.1 Å². The molecule has 0 N–H and O–H groups in total. The number of benzene rings is 2. The maximum absolute atomic E-state index is 5.49. The second-order valence-electron chi connectivity index (χ2n) is 6.64. The van der Waals surface area contributed by atoms with E-state index in [1.54, 1.807) is 13.3 Å². The highest BCUT2D eigenvalue weighted by atomic mass is 16.6. The zero-order chi connectivity index (χ0) is 20.6. The molecule has 0 atom stereocenters. The average molecular weight is 395 g/mol. The number of ether oxygens (including phenoxy) is 2. The van der Waals surface area contributed by atoms with Crippen molar-refractivity contribution in [3.8, 4) is 22.9 Å². The summed E-state index contributed by atoms with van der Waals surface area (Å²) in [5.74, 6) is 2.69. The van der Waals surface area contributed by atoms with Gasteiger partial charge in [0.25, 0.3) is 5.89 Å². The van der Waals surface area contributed by atoms with Crippen LogP contribution in [0.2, 0.25) is 0 Å². The molecule has 0 amide bonds. The molecule has 0 bridgehead atoms. The standard InChI is InChI=1S/C22H25N3O4/c1-5-27-19-11-6-16(12-20(19)26-4)13-23-28-14-21-24-22(25-29-21)18-9-7-17(8-10-18)15(2)3/h6-13,15H,5,14H2,1-4H3/b23-13-. The zero-order valence-electron chi connectivity index (χ0n) is 17.1. The lowest BCUT2D eigenvalue weighted by Crippen LogP contribution is -1.96. The normalized spacial score (nSPS) is 11.2. The molecule has 0 spiro atoms. The van der Waals surface area contributed by atoms with E-state index in [4.69, 9.17) is 18.8 Å². The number of oxime groups is 1. The van der Waals surface area contributed by atoms with Gasteiger partial charge in [0.05, 0.1) is 19.9 Å². The van der Waals surface area contributed by atoms with E-state index in [9.17, 15) is 0 Å². The van der Waals surface area contributed by atoms with Crippen LogP contribution >= 0.6 is 0 Å².